The number of nitrogens with one attached hydrogen (secondary N) is 1. The molecule has 0 radical (unpaired) electrons. The van der Waals surface area contributed by atoms with E-state index in [0.717, 1.165) is 25.8 Å². The summed E-state index contributed by atoms with van der Waals surface area (Å²) in [5, 5.41) is 3.74. The summed E-state index contributed by atoms with van der Waals surface area (Å²) in [7, 11) is 0. The van der Waals surface area contributed by atoms with Crippen LogP contribution in [-0.2, 0) is 0 Å². The lowest BCUT2D eigenvalue weighted by atomic mass is 9.81. The number of para-hydroxylation sites is 1. The fourth-order valence-corrected chi connectivity index (χ4v) is 8.02. The molecule has 1 N–H and O–H groups in total. The Bertz CT molecular complexity index is 1430. The first-order chi connectivity index (χ1) is 18.1. The standard InChI is InChI=1S/C33H34N4/c1-33(2)25-13-8-18-34-30(25)29-31-28(15-9-19-35-31)37(32(29)33)22-16-17-27-24(20-22)23-12-6-7-14-26(23)36(27)21-10-4-3-5-11-21/h3-8,10-14,19-20,23,26,28,31,34H,9,15-18H2,1-2H3. The molecule has 4 aliphatic heterocycles. The molecule has 1 aromatic rings. The van der Waals surface area contributed by atoms with Gasteiger partial charge in [0.15, 0.2) is 0 Å². The lowest BCUT2D eigenvalue weighted by Crippen LogP contribution is -2.42. The highest BCUT2D eigenvalue weighted by Gasteiger charge is 2.54. The van der Waals surface area contributed by atoms with Gasteiger partial charge in [-0.2, -0.15) is 0 Å². The Morgan fingerprint density at radius 2 is 1.89 bits per heavy atom. The third-order valence-corrected chi connectivity index (χ3v) is 9.50. The molecule has 3 aliphatic carbocycles. The average Bonchev–Trinajstić information content (AvgIpc) is 3.54. The molecule has 0 bridgehead atoms. The summed E-state index contributed by atoms with van der Waals surface area (Å²) in [6.07, 6.45) is 23.0. The first-order valence-electron chi connectivity index (χ1n) is 14.0. The Morgan fingerprint density at radius 1 is 1.03 bits per heavy atom. The van der Waals surface area contributed by atoms with Gasteiger partial charge in [0.1, 0.15) is 0 Å². The molecule has 186 valence electrons. The highest BCUT2D eigenvalue weighted by Crippen LogP contribution is 2.58. The number of benzene rings is 1. The molecule has 0 saturated heterocycles. The maximum absolute atomic E-state index is 5.13. The number of nitrogens with zero attached hydrogens (tertiary/aromatic N) is 3. The monoisotopic (exact) mass is 486 g/mol. The summed E-state index contributed by atoms with van der Waals surface area (Å²) >= 11 is 0. The Balaban J connectivity index is 1.26. The van der Waals surface area contributed by atoms with Crippen LogP contribution in [0.1, 0.15) is 39.5 Å². The number of anilines is 1. The van der Waals surface area contributed by atoms with E-state index in [1.165, 1.54) is 51.6 Å². The van der Waals surface area contributed by atoms with Crippen molar-refractivity contribution in [3.8, 4) is 0 Å². The predicted molar refractivity (Wildman–Crippen MR) is 151 cm³/mol. The minimum absolute atomic E-state index is 0.0291. The van der Waals surface area contributed by atoms with Crippen molar-refractivity contribution in [2.75, 3.05) is 11.4 Å². The van der Waals surface area contributed by atoms with Gasteiger partial charge in [-0.05, 0) is 61.3 Å². The van der Waals surface area contributed by atoms with Gasteiger partial charge in [-0.25, -0.2) is 0 Å². The van der Waals surface area contributed by atoms with E-state index in [1.54, 1.807) is 0 Å². The largest absolute Gasteiger partial charge is 0.381 e. The zero-order chi connectivity index (χ0) is 24.7. The van der Waals surface area contributed by atoms with Crippen LogP contribution in [0.2, 0.25) is 0 Å². The highest BCUT2D eigenvalue weighted by molar-refractivity contribution is 5.68. The number of allylic oxidation sites excluding steroid dienone is 7. The highest BCUT2D eigenvalue weighted by atomic mass is 15.3. The van der Waals surface area contributed by atoms with Crippen molar-refractivity contribution < 1.29 is 0 Å². The van der Waals surface area contributed by atoms with E-state index in [4.69, 9.17) is 4.99 Å². The zero-order valence-electron chi connectivity index (χ0n) is 21.7. The molecule has 37 heavy (non-hydrogen) atoms. The molecular formula is C33H34N4. The number of fused-ring (bicyclic) bond motifs is 5. The van der Waals surface area contributed by atoms with Crippen molar-refractivity contribution in [3.63, 3.8) is 0 Å². The van der Waals surface area contributed by atoms with Crippen molar-refractivity contribution in [3.05, 3.63) is 112 Å². The summed E-state index contributed by atoms with van der Waals surface area (Å²) in [6, 6.07) is 12.0. The predicted octanol–water partition coefficient (Wildman–Crippen LogP) is 6.17. The third kappa shape index (κ3) is 2.87. The van der Waals surface area contributed by atoms with E-state index in [9.17, 15) is 0 Å². The molecule has 4 heteroatoms. The van der Waals surface area contributed by atoms with Gasteiger partial charge < -0.3 is 15.1 Å². The van der Waals surface area contributed by atoms with E-state index >= 15 is 0 Å². The molecular weight excluding hydrogens is 452 g/mol. The molecule has 0 aromatic heterocycles. The van der Waals surface area contributed by atoms with Gasteiger partial charge in [-0.3, -0.25) is 4.99 Å². The summed E-state index contributed by atoms with van der Waals surface area (Å²) in [5.41, 5.74) is 11.5. The summed E-state index contributed by atoms with van der Waals surface area (Å²) in [5.74, 6) is 0.402. The molecule has 4 heterocycles. The lowest BCUT2D eigenvalue weighted by Gasteiger charge is -2.41. The van der Waals surface area contributed by atoms with Crippen LogP contribution in [0.15, 0.2) is 117 Å². The SMILES string of the molecule is CC1(C)C2=C(NCC=C2)C2=C1N(C1=CC3=C(CC1)N(c1ccccc1)C1C=CC=CC31)C1CCC=NC21. The van der Waals surface area contributed by atoms with Gasteiger partial charge in [-0.15, -0.1) is 0 Å². The summed E-state index contributed by atoms with van der Waals surface area (Å²) < 4.78 is 0. The fraction of sp³-hybridized carbons (Fsp3) is 0.364. The second kappa shape index (κ2) is 7.74. The number of hydrogen-bond acceptors (Lipinski definition) is 4. The molecule has 0 saturated carbocycles. The zero-order valence-corrected chi connectivity index (χ0v) is 21.7. The smallest absolute Gasteiger partial charge is 0.0989 e. The fourth-order valence-electron chi connectivity index (χ4n) is 8.02. The molecule has 0 spiro atoms. The normalized spacial score (nSPS) is 32.3. The molecule has 0 amide bonds. The van der Waals surface area contributed by atoms with Gasteiger partial charge in [0.05, 0.1) is 18.1 Å². The second-order valence-corrected chi connectivity index (χ2v) is 11.8. The van der Waals surface area contributed by atoms with E-state index in [0.29, 0.717) is 18.0 Å². The van der Waals surface area contributed by atoms with Crippen molar-refractivity contribution in [1.82, 2.24) is 10.2 Å². The van der Waals surface area contributed by atoms with Gasteiger partial charge in [0, 0.05) is 51.9 Å². The van der Waals surface area contributed by atoms with Crippen molar-refractivity contribution >= 4 is 11.9 Å². The summed E-state index contributed by atoms with van der Waals surface area (Å²) in [6.45, 7) is 5.74. The van der Waals surface area contributed by atoms with Gasteiger partial charge in [-0.1, -0.05) is 68.5 Å². The van der Waals surface area contributed by atoms with E-state index < -0.39 is 0 Å². The number of hydrogen-bond donors (Lipinski definition) is 1. The minimum Gasteiger partial charge on any atom is -0.381 e. The lowest BCUT2D eigenvalue weighted by molar-refractivity contribution is 0.254. The second-order valence-electron chi connectivity index (χ2n) is 11.8. The topological polar surface area (TPSA) is 30.9 Å². The van der Waals surface area contributed by atoms with Crippen molar-refractivity contribution in [2.45, 2.75) is 57.7 Å². The molecule has 4 atom stereocenters. The molecule has 1 aromatic carbocycles. The number of dihydropyridines is 1. The molecule has 0 fully saturated rings. The van der Waals surface area contributed by atoms with E-state index in [2.05, 4.69) is 108 Å². The Labute approximate surface area is 219 Å². The minimum atomic E-state index is -0.0291. The molecule has 4 unspecified atom stereocenters. The van der Waals surface area contributed by atoms with E-state index in [-0.39, 0.29) is 11.5 Å². The third-order valence-electron chi connectivity index (χ3n) is 9.50. The maximum Gasteiger partial charge on any atom is 0.0989 e. The molecule has 8 rings (SSSR count). The molecule has 4 nitrogen and oxygen atoms in total. The first-order valence-corrected chi connectivity index (χ1v) is 14.0. The van der Waals surface area contributed by atoms with Gasteiger partial charge in [0.2, 0.25) is 0 Å². The van der Waals surface area contributed by atoms with Crippen LogP contribution in [0.4, 0.5) is 5.69 Å². The van der Waals surface area contributed by atoms with Crippen LogP contribution in [0.25, 0.3) is 0 Å². The van der Waals surface area contributed by atoms with Crippen molar-refractivity contribution in [2.24, 2.45) is 16.3 Å². The summed E-state index contributed by atoms with van der Waals surface area (Å²) in [4.78, 5) is 10.5. The van der Waals surface area contributed by atoms with E-state index in [1.807, 2.05) is 0 Å². The molecule has 7 aliphatic rings. The van der Waals surface area contributed by atoms with Crippen LogP contribution < -0.4 is 10.2 Å². The van der Waals surface area contributed by atoms with Crippen LogP contribution in [0.5, 0.6) is 0 Å². The Hall–Kier alpha value is -3.53. The van der Waals surface area contributed by atoms with Crippen LogP contribution in [-0.4, -0.2) is 35.8 Å². The maximum atomic E-state index is 5.13. The van der Waals surface area contributed by atoms with Crippen LogP contribution in [0, 0.1) is 11.3 Å². The number of rotatable bonds is 2. The quantitative estimate of drug-likeness (QED) is 0.542. The average molecular weight is 487 g/mol. The van der Waals surface area contributed by atoms with Gasteiger partial charge in [0.25, 0.3) is 0 Å². The van der Waals surface area contributed by atoms with Crippen molar-refractivity contribution in [1.29, 1.82) is 0 Å². The Morgan fingerprint density at radius 3 is 2.78 bits per heavy atom. The Kier molecular flexibility index (Phi) is 4.51. The first kappa shape index (κ1) is 21.5. The van der Waals surface area contributed by atoms with Crippen LogP contribution in [0.3, 0.4) is 0 Å². The van der Waals surface area contributed by atoms with Gasteiger partial charge >= 0.3 is 0 Å². The number of aliphatic imine (C=N–C) groups is 1. The van der Waals surface area contributed by atoms with Crippen LogP contribution >= 0.6 is 0 Å².